The number of carbonyl (C=O) groups excluding carboxylic acids is 1. The molecule has 0 spiro atoms. The van der Waals surface area contributed by atoms with Crippen molar-refractivity contribution < 1.29 is 4.79 Å². The van der Waals surface area contributed by atoms with Gasteiger partial charge >= 0.3 is 0 Å². The number of aromatic nitrogens is 2. The van der Waals surface area contributed by atoms with Gasteiger partial charge in [-0.3, -0.25) is 4.79 Å². The van der Waals surface area contributed by atoms with Gasteiger partial charge in [0.2, 0.25) is 5.78 Å². The summed E-state index contributed by atoms with van der Waals surface area (Å²) >= 11 is 0. The van der Waals surface area contributed by atoms with Crippen LogP contribution < -0.4 is 0 Å². The molecule has 0 fully saturated rings. The minimum Gasteiger partial charge on any atom is -0.317 e. The van der Waals surface area contributed by atoms with Gasteiger partial charge in [-0.05, 0) is 18.2 Å². The highest BCUT2D eigenvalue weighted by atomic mass is 16.1. The number of hydrogen-bond donors (Lipinski definition) is 0. The fraction of sp³-hybridized carbons (Fsp3) is 0.0909. The zero-order chi connectivity index (χ0) is 9.54. The third kappa shape index (κ3) is 0.865. The van der Waals surface area contributed by atoms with Crippen molar-refractivity contribution in [2.75, 3.05) is 0 Å². The molecule has 2 aromatic rings. The van der Waals surface area contributed by atoms with Gasteiger partial charge in [0.05, 0.1) is 11.0 Å². The Morgan fingerprint density at radius 3 is 3.07 bits per heavy atom. The van der Waals surface area contributed by atoms with Crippen LogP contribution in [0.3, 0.4) is 0 Å². The van der Waals surface area contributed by atoms with Gasteiger partial charge in [0.25, 0.3) is 0 Å². The summed E-state index contributed by atoms with van der Waals surface area (Å²) in [5.74, 6) is 0.543. The quantitative estimate of drug-likeness (QED) is 0.625. The zero-order valence-electron chi connectivity index (χ0n) is 7.47. The summed E-state index contributed by atoms with van der Waals surface area (Å²) < 4.78 is 1.94. The van der Waals surface area contributed by atoms with Crippen molar-refractivity contribution in [2.45, 2.75) is 6.54 Å². The predicted molar refractivity (Wildman–Crippen MR) is 53.2 cm³/mol. The van der Waals surface area contributed by atoms with Gasteiger partial charge in [0.1, 0.15) is 0 Å². The lowest BCUT2D eigenvalue weighted by Gasteiger charge is -2.07. The van der Waals surface area contributed by atoms with E-state index < -0.39 is 0 Å². The number of nitrogens with zero attached hydrogens (tertiary/aromatic N) is 2. The summed E-state index contributed by atoms with van der Waals surface area (Å²) in [6.07, 6.45) is 3.45. The number of imidazole rings is 1. The minimum absolute atomic E-state index is 0.00699. The van der Waals surface area contributed by atoms with Gasteiger partial charge in [-0.2, -0.15) is 0 Å². The summed E-state index contributed by atoms with van der Waals surface area (Å²) in [5, 5.41) is 0. The first-order valence-electron chi connectivity index (χ1n) is 4.52. The van der Waals surface area contributed by atoms with Crippen molar-refractivity contribution >= 4 is 16.8 Å². The van der Waals surface area contributed by atoms with Crippen LogP contribution in [0.15, 0.2) is 36.4 Å². The van der Waals surface area contributed by atoms with E-state index in [2.05, 4.69) is 4.98 Å². The lowest BCUT2D eigenvalue weighted by Crippen LogP contribution is -2.12. The molecule has 3 rings (SSSR count). The average molecular weight is 184 g/mol. The lowest BCUT2D eigenvalue weighted by atomic mass is 10.2. The van der Waals surface area contributed by atoms with Crippen molar-refractivity contribution in [3.63, 3.8) is 0 Å². The van der Waals surface area contributed by atoms with Crippen molar-refractivity contribution in [3.05, 3.63) is 42.2 Å². The maximum absolute atomic E-state index is 11.5. The number of para-hydroxylation sites is 2. The first-order chi connectivity index (χ1) is 6.86. The Kier molecular flexibility index (Phi) is 1.36. The van der Waals surface area contributed by atoms with Gasteiger partial charge in [-0.15, -0.1) is 0 Å². The Morgan fingerprint density at radius 2 is 2.14 bits per heavy atom. The van der Waals surface area contributed by atoms with Crippen LogP contribution >= 0.6 is 0 Å². The Hall–Kier alpha value is -1.90. The van der Waals surface area contributed by atoms with Gasteiger partial charge in [-0.1, -0.05) is 18.2 Å². The fourth-order valence-electron chi connectivity index (χ4n) is 1.79. The third-order valence-corrected chi connectivity index (χ3v) is 2.43. The third-order valence-electron chi connectivity index (χ3n) is 2.43. The first kappa shape index (κ1) is 7.50. The molecule has 0 radical (unpaired) electrons. The molecule has 68 valence electrons. The van der Waals surface area contributed by atoms with Crippen LogP contribution in [0, 0.1) is 0 Å². The number of fused-ring (bicyclic) bond motifs is 3. The second-order valence-corrected chi connectivity index (χ2v) is 3.30. The molecule has 14 heavy (non-hydrogen) atoms. The highest BCUT2D eigenvalue weighted by molar-refractivity contribution is 6.04. The van der Waals surface area contributed by atoms with Crippen LogP contribution in [0.5, 0.6) is 0 Å². The second kappa shape index (κ2) is 2.54. The Labute approximate surface area is 80.7 Å². The normalized spacial score (nSPS) is 14.7. The van der Waals surface area contributed by atoms with E-state index in [0.29, 0.717) is 5.82 Å². The number of allylic oxidation sites excluding steroid dienone is 2. The maximum Gasteiger partial charge on any atom is 0.221 e. The number of carbonyl (C=O) groups is 1. The van der Waals surface area contributed by atoms with E-state index >= 15 is 0 Å². The number of rotatable bonds is 0. The smallest absolute Gasteiger partial charge is 0.221 e. The van der Waals surface area contributed by atoms with E-state index in [1.54, 1.807) is 6.08 Å². The Bertz CT molecular complexity index is 551. The molecule has 1 aromatic heterocycles. The molecule has 0 bridgehead atoms. The lowest BCUT2D eigenvalue weighted by molar-refractivity contribution is 0.103. The standard InChI is InChI=1S/C11H8N2O/c14-10-6-3-7-13-9-5-2-1-4-8(9)12-11(10)13/h1-6H,7H2. The molecule has 3 heteroatoms. The fourth-order valence-corrected chi connectivity index (χ4v) is 1.79. The van der Waals surface area contributed by atoms with Gasteiger partial charge < -0.3 is 4.57 Å². The van der Waals surface area contributed by atoms with E-state index in [1.165, 1.54) is 0 Å². The molecule has 0 unspecified atom stereocenters. The van der Waals surface area contributed by atoms with Crippen LogP contribution in [-0.2, 0) is 6.54 Å². The Balaban J connectivity index is 2.41. The summed E-state index contributed by atoms with van der Waals surface area (Å²) in [6, 6.07) is 7.80. The van der Waals surface area contributed by atoms with E-state index in [4.69, 9.17) is 0 Å². The highest BCUT2D eigenvalue weighted by Gasteiger charge is 2.16. The van der Waals surface area contributed by atoms with Crippen LogP contribution in [0.4, 0.5) is 0 Å². The van der Waals surface area contributed by atoms with Gasteiger partial charge in [0, 0.05) is 6.54 Å². The Morgan fingerprint density at radius 1 is 1.29 bits per heavy atom. The van der Waals surface area contributed by atoms with Crippen LogP contribution in [0.1, 0.15) is 10.6 Å². The van der Waals surface area contributed by atoms with Crippen molar-refractivity contribution in [3.8, 4) is 0 Å². The average Bonchev–Trinajstić information content (AvgIpc) is 2.59. The van der Waals surface area contributed by atoms with Crippen molar-refractivity contribution in [2.24, 2.45) is 0 Å². The van der Waals surface area contributed by atoms with E-state index in [9.17, 15) is 4.79 Å². The second-order valence-electron chi connectivity index (χ2n) is 3.30. The summed E-state index contributed by atoms with van der Waals surface area (Å²) in [4.78, 5) is 15.8. The largest absolute Gasteiger partial charge is 0.317 e. The topological polar surface area (TPSA) is 34.9 Å². The molecule has 2 heterocycles. The molecule has 1 aromatic carbocycles. The molecule has 0 N–H and O–H groups in total. The van der Waals surface area contributed by atoms with E-state index in [0.717, 1.165) is 17.6 Å². The van der Waals surface area contributed by atoms with Gasteiger partial charge in [-0.25, -0.2) is 4.98 Å². The van der Waals surface area contributed by atoms with Gasteiger partial charge in [0.15, 0.2) is 5.82 Å². The summed E-state index contributed by atoms with van der Waals surface area (Å²) in [7, 11) is 0. The van der Waals surface area contributed by atoms with Crippen molar-refractivity contribution in [1.29, 1.82) is 0 Å². The molecule has 0 saturated carbocycles. The minimum atomic E-state index is -0.00699. The monoisotopic (exact) mass is 184 g/mol. The predicted octanol–water partition coefficient (Wildman–Crippen LogP) is 1.79. The SMILES string of the molecule is O=C1C=CCn2c1nc1ccccc12. The zero-order valence-corrected chi connectivity index (χ0v) is 7.47. The molecule has 0 aliphatic carbocycles. The highest BCUT2D eigenvalue weighted by Crippen LogP contribution is 2.18. The number of ketones is 1. The van der Waals surface area contributed by atoms with E-state index in [-0.39, 0.29) is 5.78 Å². The van der Waals surface area contributed by atoms with Crippen LogP contribution in [0.25, 0.3) is 11.0 Å². The first-order valence-corrected chi connectivity index (χ1v) is 4.52. The van der Waals surface area contributed by atoms with Crippen molar-refractivity contribution in [1.82, 2.24) is 9.55 Å². The molecule has 0 saturated heterocycles. The molecule has 0 amide bonds. The van der Waals surface area contributed by atoms with Crippen LogP contribution in [0.2, 0.25) is 0 Å². The maximum atomic E-state index is 11.5. The molecular formula is C11H8N2O. The van der Waals surface area contributed by atoms with Crippen LogP contribution in [-0.4, -0.2) is 15.3 Å². The molecular weight excluding hydrogens is 176 g/mol. The molecule has 3 nitrogen and oxygen atoms in total. The summed E-state index contributed by atoms with van der Waals surface area (Å²) in [6.45, 7) is 0.738. The van der Waals surface area contributed by atoms with E-state index in [1.807, 2.05) is 34.9 Å². The molecule has 1 aliphatic rings. The number of benzene rings is 1. The molecule has 0 atom stereocenters. The summed E-state index contributed by atoms with van der Waals surface area (Å²) in [5.41, 5.74) is 1.92. The molecule has 1 aliphatic heterocycles. The number of hydrogen-bond acceptors (Lipinski definition) is 2.